The summed E-state index contributed by atoms with van der Waals surface area (Å²) in [5, 5.41) is 14.2. The van der Waals surface area contributed by atoms with Crippen LogP contribution in [-0.4, -0.2) is 45.1 Å². The van der Waals surface area contributed by atoms with Gasteiger partial charge in [0.2, 0.25) is 5.95 Å². The molecular weight excluding hydrogens is 444 g/mol. The zero-order valence-corrected chi connectivity index (χ0v) is 20.4. The van der Waals surface area contributed by atoms with E-state index in [1.54, 1.807) is 32.4 Å². The van der Waals surface area contributed by atoms with E-state index in [-0.39, 0.29) is 11.9 Å². The Balaban J connectivity index is 1.45. The van der Waals surface area contributed by atoms with E-state index in [0.717, 1.165) is 17.0 Å². The van der Waals surface area contributed by atoms with Crippen molar-refractivity contribution in [3.8, 4) is 22.9 Å². The van der Waals surface area contributed by atoms with E-state index in [1.165, 1.54) is 17.2 Å². The first kappa shape index (κ1) is 23.7. The molecule has 0 fully saturated rings. The number of H-pyrrole nitrogens is 1. The molecule has 35 heavy (non-hydrogen) atoms. The van der Waals surface area contributed by atoms with Crippen LogP contribution >= 0.6 is 0 Å². The number of nitrogens with one attached hydrogen (secondary N) is 2. The van der Waals surface area contributed by atoms with Crippen LogP contribution in [0.1, 0.15) is 28.1 Å². The van der Waals surface area contributed by atoms with Crippen molar-refractivity contribution < 1.29 is 14.3 Å². The highest BCUT2D eigenvalue weighted by atomic mass is 16.5. The molecule has 0 unspecified atom stereocenters. The molecule has 0 bridgehead atoms. The third-order valence-corrected chi connectivity index (χ3v) is 5.68. The smallest absolute Gasteiger partial charge is 0.250 e. The van der Waals surface area contributed by atoms with Crippen molar-refractivity contribution in [3.63, 3.8) is 0 Å². The van der Waals surface area contributed by atoms with E-state index in [4.69, 9.17) is 9.47 Å². The minimum absolute atomic E-state index is 0.163. The Hall–Kier alpha value is -4.40. The molecule has 180 valence electrons. The van der Waals surface area contributed by atoms with Gasteiger partial charge in [-0.25, -0.2) is 0 Å². The molecule has 9 nitrogen and oxygen atoms in total. The molecule has 2 heterocycles. The second kappa shape index (κ2) is 10.3. The van der Waals surface area contributed by atoms with Crippen molar-refractivity contribution in [3.05, 3.63) is 76.6 Å². The number of ether oxygens (including phenoxy) is 2. The van der Waals surface area contributed by atoms with Crippen LogP contribution in [0.5, 0.6) is 11.5 Å². The summed E-state index contributed by atoms with van der Waals surface area (Å²) in [5.74, 6) is 1.52. The predicted molar refractivity (Wildman–Crippen MR) is 135 cm³/mol. The lowest BCUT2D eigenvalue weighted by molar-refractivity contribution is -0.111. The average molecular weight is 473 g/mol. The van der Waals surface area contributed by atoms with Gasteiger partial charge in [-0.1, -0.05) is 29.8 Å². The molecule has 9 heteroatoms. The van der Waals surface area contributed by atoms with Gasteiger partial charge in [-0.05, 0) is 44.5 Å². The highest BCUT2D eigenvalue weighted by Crippen LogP contribution is 2.31. The molecule has 0 radical (unpaired) electrons. The van der Waals surface area contributed by atoms with Crippen LogP contribution in [0, 0.1) is 20.8 Å². The number of carbonyl (C=O) groups is 1. The standard InChI is InChI=1S/C26H28N6O3/c1-16-6-8-19(9-7-16)15-32-18(3)21(17(2)31-32)12-13-24(33)27-26-28-25(29-30-26)22-11-10-20(34-4)14-23(22)35-5/h6-14H,15H2,1-5H3,(H2,27,28,29,30,33)/b13-12+. The molecule has 0 saturated heterocycles. The van der Waals surface area contributed by atoms with Crippen LogP contribution in [-0.2, 0) is 11.3 Å². The second-order valence-electron chi connectivity index (χ2n) is 8.12. The number of amides is 1. The summed E-state index contributed by atoms with van der Waals surface area (Å²) in [6.07, 6.45) is 3.22. The van der Waals surface area contributed by atoms with Gasteiger partial charge in [-0.15, -0.1) is 5.10 Å². The Labute approximate surface area is 203 Å². The van der Waals surface area contributed by atoms with E-state index >= 15 is 0 Å². The van der Waals surface area contributed by atoms with E-state index in [9.17, 15) is 4.79 Å². The van der Waals surface area contributed by atoms with Crippen molar-refractivity contribution in [1.82, 2.24) is 25.0 Å². The Morgan fingerprint density at radius 1 is 1.09 bits per heavy atom. The second-order valence-corrected chi connectivity index (χ2v) is 8.12. The molecule has 0 spiro atoms. The van der Waals surface area contributed by atoms with Crippen molar-refractivity contribution in [1.29, 1.82) is 0 Å². The lowest BCUT2D eigenvalue weighted by Crippen LogP contribution is -2.09. The van der Waals surface area contributed by atoms with Gasteiger partial charge in [0, 0.05) is 23.4 Å². The largest absolute Gasteiger partial charge is 0.497 e. The number of aromatic nitrogens is 5. The van der Waals surface area contributed by atoms with Crippen molar-refractivity contribution in [2.75, 3.05) is 19.5 Å². The number of benzene rings is 2. The maximum Gasteiger partial charge on any atom is 0.250 e. The molecule has 4 aromatic rings. The average Bonchev–Trinajstić information content (AvgIpc) is 3.42. The Kier molecular flexibility index (Phi) is 6.96. The number of aryl methyl sites for hydroxylation is 2. The first-order valence-corrected chi connectivity index (χ1v) is 11.1. The molecule has 2 aromatic carbocycles. The van der Waals surface area contributed by atoms with Crippen molar-refractivity contribution >= 4 is 17.9 Å². The van der Waals surface area contributed by atoms with Crippen LogP contribution in [0.15, 0.2) is 48.5 Å². The maximum atomic E-state index is 12.5. The van der Waals surface area contributed by atoms with Crippen LogP contribution in [0.25, 0.3) is 17.5 Å². The number of nitrogens with zero attached hydrogens (tertiary/aromatic N) is 4. The summed E-state index contributed by atoms with van der Waals surface area (Å²) < 4.78 is 12.6. The van der Waals surface area contributed by atoms with E-state index in [0.29, 0.717) is 29.4 Å². The monoisotopic (exact) mass is 472 g/mol. The topological polar surface area (TPSA) is 107 Å². The number of hydrogen-bond donors (Lipinski definition) is 2. The van der Waals surface area contributed by atoms with E-state index < -0.39 is 0 Å². The molecular formula is C26H28N6O3. The molecule has 0 aliphatic heterocycles. The summed E-state index contributed by atoms with van der Waals surface area (Å²) >= 11 is 0. The Morgan fingerprint density at radius 3 is 2.57 bits per heavy atom. The molecule has 0 aliphatic carbocycles. The molecule has 2 aromatic heterocycles. The molecule has 1 amide bonds. The molecule has 2 N–H and O–H groups in total. The first-order chi connectivity index (χ1) is 16.9. The van der Waals surface area contributed by atoms with Crippen LogP contribution < -0.4 is 14.8 Å². The number of anilines is 1. The van der Waals surface area contributed by atoms with Crippen LogP contribution in [0.3, 0.4) is 0 Å². The van der Waals surface area contributed by atoms with Crippen molar-refractivity contribution in [2.45, 2.75) is 27.3 Å². The van der Waals surface area contributed by atoms with Gasteiger partial charge >= 0.3 is 0 Å². The predicted octanol–water partition coefficient (Wildman–Crippen LogP) is 4.31. The third-order valence-electron chi connectivity index (χ3n) is 5.68. The molecule has 4 rings (SSSR count). The van der Waals surface area contributed by atoms with Gasteiger partial charge in [-0.3, -0.25) is 19.9 Å². The zero-order valence-electron chi connectivity index (χ0n) is 20.4. The van der Waals surface area contributed by atoms with Gasteiger partial charge < -0.3 is 9.47 Å². The first-order valence-electron chi connectivity index (χ1n) is 11.1. The highest BCUT2D eigenvalue weighted by molar-refractivity contribution is 6.01. The third kappa shape index (κ3) is 5.40. The summed E-state index contributed by atoms with van der Waals surface area (Å²) in [6, 6.07) is 13.7. The van der Waals surface area contributed by atoms with Gasteiger partial charge in [0.1, 0.15) is 11.5 Å². The number of carbonyl (C=O) groups excluding carboxylic acids is 1. The van der Waals surface area contributed by atoms with Gasteiger partial charge in [-0.2, -0.15) is 10.1 Å². The minimum Gasteiger partial charge on any atom is -0.497 e. The normalized spacial score (nSPS) is 11.1. The van der Waals surface area contributed by atoms with Crippen LogP contribution in [0.2, 0.25) is 0 Å². The van der Waals surface area contributed by atoms with Crippen molar-refractivity contribution in [2.24, 2.45) is 0 Å². The Bertz CT molecular complexity index is 1370. The Morgan fingerprint density at radius 2 is 1.86 bits per heavy atom. The lowest BCUT2D eigenvalue weighted by atomic mass is 10.1. The maximum absolute atomic E-state index is 12.5. The van der Waals surface area contributed by atoms with E-state index in [1.807, 2.05) is 24.6 Å². The fourth-order valence-corrected chi connectivity index (χ4v) is 3.72. The SMILES string of the molecule is COc1ccc(-c2nc(NC(=O)/C=C/c3c(C)nn(Cc4ccc(C)cc4)c3C)n[nH]2)c(OC)c1. The number of hydrogen-bond acceptors (Lipinski definition) is 6. The number of aromatic amines is 1. The quantitative estimate of drug-likeness (QED) is 0.370. The summed E-state index contributed by atoms with van der Waals surface area (Å²) in [6.45, 7) is 6.66. The summed E-state index contributed by atoms with van der Waals surface area (Å²) in [4.78, 5) is 16.9. The molecule has 0 atom stereocenters. The number of rotatable bonds is 8. The lowest BCUT2D eigenvalue weighted by Gasteiger charge is -2.07. The van der Waals surface area contributed by atoms with Gasteiger partial charge in [0.25, 0.3) is 5.91 Å². The fraction of sp³-hybridized carbons (Fsp3) is 0.231. The zero-order chi connectivity index (χ0) is 24.9. The van der Waals surface area contributed by atoms with Crippen LogP contribution in [0.4, 0.5) is 5.95 Å². The summed E-state index contributed by atoms with van der Waals surface area (Å²) in [7, 11) is 3.15. The van der Waals surface area contributed by atoms with Gasteiger partial charge in [0.15, 0.2) is 5.82 Å². The number of methoxy groups -OCH3 is 2. The minimum atomic E-state index is -0.345. The molecule has 0 saturated carbocycles. The summed E-state index contributed by atoms with van der Waals surface area (Å²) in [5.41, 5.74) is 5.83. The molecule has 0 aliphatic rings. The highest BCUT2D eigenvalue weighted by Gasteiger charge is 2.14. The van der Waals surface area contributed by atoms with E-state index in [2.05, 4.69) is 56.8 Å². The fourth-order valence-electron chi connectivity index (χ4n) is 3.72. The van der Waals surface area contributed by atoms with Gasteiger partial charge in [0.05, 0.1) is 32.0 Å².